The molecule has 0 aromatic heterocycles. The van der Waals surface area contributed by atoms with Gasteiger partial charge in [-0.15, -0.1) is 12.4 Å². The second kappa shape index (κ2) is 5.98. The Morgan fingerprint density at radius 3 is 2.54 bits per heavy atom. The minimum absolute atomic E-state index is 0. The second-order valence-corrected chi connectivity index (χ2v) is 3.22. The van der Waals surface area contributed by atoms with E-state index in [2.05, 4.69) is 11.5 Å². The first-order valence-corrected chi connectivity index (χ1v) is 4.20. The van der Waals surface area contributed by atoms with Crippen molar-refractivity contribution in [1.29, 1.82) is 5.26 Å². The van der Waals surface area contributed by atoms with E-state index in [-0.39, 0.29) is 18.5 Å². The number of aliphatic hydroxyl groups is 1. The number of hydrogen-bond donors (Lipinski definition) is 1. The summed E-state index contributed by atoms with van der Waals surface area (Å²) in [4.78, 5) is 2.15. The van der Waals surface area contributed by atoms with Crippen LogP contribution in [-0.4, -0.2) is 35.7 Å². The van der Waals surface area contributed by atoms with Gasteiger partial charge in [0, 0.05) is 25.2 Å². The van der Waals surface area contributed by atoms with Crippen LogP contribution in [0.5, 0.6) is 0 Å². The highest BCUT2D eigenvalue weighted by Gasteiger charge is 2.16. The number of piperidine rings is 1. The lowest BCUT2D eigenvalue weighted by Gasteiger charge is -2.28. The molecule has 0 aromatic rings. The van der Waals surface area contributed by atoms with Crippen LogP contribution in [0, 0.1) is 11.3 Å². The zero-order valence-electron chi connectivity index (χ0n) is 7.57. The predicted octanol–water partition coefficient (Wildman–Crippen LogP) is 0.945. The van der Waals surface area contributed by atoms with Crippen molar-refractivity contribution >= 4 is 12.4 Å². The number of nitriles is 1. The average Bonchev–Trinajstić information content (AvgIpc) is 2.09. The van der Waals surface area contributed by atoms with Crippen molar-refractivity contribution < 1.29 is 5.11 Å². The number of likely N-dealkylation sites (tertiary alicyclic amines) is 1. The third-order valence-electron chi connectivity index (χ3n) is 2.13. The molecule has 0 unspecified atom stereocenters. The van der Waals surface area contributed by atoms with Gasteiger partial charge in [0.2, 0.25) is 0 Å². The van der Waals surface area contributed by atoms with E-state index in [1.807, 2.05) is 6.07 Å². The summed E-state index contributed by atoms with van der Waals surface area (Å²) in [6.07, 6.45) is 1.49. The molecule has 0 radical (unpaired) electrons. The molecule has 4 heteroatoms. The molecule has 0 saturated carbocycles. The van der Waals surface area contributed by atoms with E-state index in [0.29, 0.717) is 12.1 Å². The molecule has 74 valence electrons. The first-order valence-electron chi connectivity index (χ1n) is 4.20. The Balaban J connectivity index is 0.00000144. The smallest absolute Gasteiger partial charge is 0.0954 e. The van der Waals surface area contributed by atoms with Crippen LogP contribution in [0.15, 0.2) is 12.2 Å². The predicted molar refractivity (Wildman–Crippen MR) is 53.7 cm³/mol. The van der Waals surface area contributed by atoms with E-state index >= 15 is 0 Å². The first kappa shape index (κ1) is 12.4. The van der Waals surface area contributed by atoms with Gasteiger partial charge in [-0.1, -0.05) is 6.58 Å². The Morgan fingerprint density at radius 1 is 1.54 bits per heavy atom. The van der Waals surface area contributed by atoms with Crippen LogP contribution in [0.1, 0.15) is 12.8 Å². The van der Waals surface area contributed by atoms with E-state index in [0.717, 1.165) is 25.9 Å². The second-order valence-electron chi connectivity index (χ2n) is 3.22. The Bertz CT molecular complexity index is 204. The fourth-order valence-electron chi connectivity index (χ4n) is 1.38. The van der Waals surface area contributed by atoms with Crippen LogP contribution in [0.4, 0.5) is 0 Å². The van der Waals surface area contributed by atoms with Gasteiger partial charge in [0.15, 0.2) is 0 Å². The summed E-state index contributed by atoms with van der Waals surface area (Å²) in [5.74, 6) is 0. The van der Waals surface area contributed by atoms with Crippen molar-refractivity contribution in [1.82, 2.24) is 4.90 Å². The van der Waals surface area contributed by atoms with Gasteiger partial charge in [-0.05, 0) is 12.8 Å². The van der Waals surface area contributed by atoms with E-state index < -0.39 is 0 Å². The van der Waals surface area contributed by atoms with Gasteiger partial charge in [-0.25, -0.2) is 0 Å². The summed E-state index contributed by atoms with van der Waals surface area (Å²) in [6, 6.07) is 2.02. The SMILES string of the molecule is C=C(C#N)CN1CCC(O)CC1.Cl. The molecule has 1 fully saturated rings. The van der Waals surface area contributed by atoms with Crippen LogP contribution in [-0.2, 0) is 0 Å². The Morgan fingerprint density at radius 2 is 2.08 bits per heavy atom. The minimum atomic E-state index is -0.142. The van der Waals surface area contributed by atoms with Gasteiger partial charge in [0.25, 0.3) is 0 Å². The molecule has 1 N–H and O–H groups in total. The molecule has 1 aliphatic heterocycles. The third-order valence-corrected chi connectivity index (χ3v) is 2.13. The van der Waals surface area contributed by atoms with Gasteiger partial charge >= 0.3 is 0 Å². The highest BCUT2D eigenvalue weighted by atomic mass is 35.5. The van der Waals surface area contributed by atoms with Crippen molar-refractivity contribution in [2.75, 3.05) is 19.6 Å². The zero-order chi connectivity index (χ0) is 8.97. The lowest BCUT2D eigenvalue weighted by molar-refractivity contribution is 0.0873. The molecule has 0 bridgehead atoms. The zero-order valence-corrected chi connectivity index (χ0v) is 8.39. The van der Waals surface area contributed by atoms with Gasteiger partial charge < -0.3 is 5.11 Å². The topological polar surface area (TPSA) is 47.3 Å². The average molecular weight is 203 g/mol. The third kappa shape index (κ3) is 4.28. The molecular formula is C9H15ClN2O. The molecule has 0 spiro atoms. The summed E-state index contributed by atoms with van der Waals surface area (Å²) < 4.78 is 0. The summed E-state index contributed by atoms with van der Waals surface area (Å²) in [5.41, 5.74) is 0.603. The van der Waals surface area contributed by atoms with Crippen LogP contribution < -0.4 is 0 Å². The highest BCUT2D eigenvalue weighted by Crippen LogP contribution is 2.10. The van der Waals surface area contributed by atoms with Gasteiger partial charge in [-0.2, -0.15) is 5.26 Å². The summed E-state index contributed by atoms with van der Waals surface area (Å²) in [5, 5.41) is 17.7. The molecule has 1 aliphatic rings. The Kier molecular flexibility index (Phi) is 5.72. The van der Waals surface area contributed by atoms with E-state index in [4.69, 9.17) is 5.26 Å². The number of aliphatic hydroxyl groups excluding tert-OH is 1. The quantitative estimate of drug-likeness (QED) is 0.679. The van der Waals surface area contributed by atoms with E-state index in [1.54, 1.807) is 0 Å². The molecule has 0 aromatic carbocycles. The maximum Gasteiger partial charge on any atom is 0.0954 e. The molecule has 13 heavy (non-hydrogen) atoms. The molecule has 0 aliphatic carbocycles. The molecule has 1 saturated heterocycles. The van der Waals surface area contributed by atoms with Crippen LogP contribution >= 0.6 is 12.4 Å². The van der Waals surface area contributed by atoms with Gasteiger partial charge in [0.05, 0.1) is 12.2 Å². The number of hydrogen-bond acceptors (Lipinski definition) is 3. The number of halogens is 1. The van der Waals surface area contributed by atoms with Crippen molar-refractivity contribution in [3.05, 3.63) is 12.2 Å². The maximum absolute atomic E-state index is 9.20. The van der Waals surface area contributed by atoms with Gasteiger partial charge in [-0.3, -0.25) is 4.90 Å². The first-order chi connectivity index (χ1) is 5.72. The lowest BCUT2D eigenvalue weighted by Crippen LogP contribution is -2.36. The molecular weight excluding hydrogens is 188 g/mol. The van der Waals surface area contributed by atoms with E-state index in [1.165, 1.54) is 0 Å². The minimum Gasteiger partial charge on any atom is -0.393 e. The summed E-state index contributed by atoms with van der Waals surface area (Å²) >= 11 is 0. The van der Waals surface area contributed by atoms with Crippen molar-refractivity contribution in [3.8, 4) is 6.07 Å². The maximum atomic E-state index is 9.20. The van der Waals surface area contributed by atoms with Gasteiger partial charge in [0.1, 0.15) is 0 Å². The van der Waals surface area contributed by atoms with Crippen molar-refractivity contribution in [3.63, 3.8) is 0 Å². The van der Waals surface area contributed by atoms with Crippen molar-refractivity contribution in [2.24, 2.45) is 0 Å². The standard InChI is InChI=1S/C9H14N2O.ClH/c1-8(6-10)7-11-4-2-9(12)3-5-11;/h9,12H,1-5,7H2;1H. The number of rotatable bonds is 2. The normalized spacial score (nSPS) is 18.8. The molecule has 0 amide bonds. The summed E-state index contributed by atoms with van der Waals surface area (Å²) in [6.45, 7) is 6.03. The monoisotopic (exact) mass is 202 g/mol. The van der Waals surface area contributed by atoms with Crippen LogP contribution in [0.25, 0.3) is 0 Å². The number of nitrogens with zero attached hydrogens (tertiary/aromatic N) is 2. The van der Waals surface area contributed by atoms with Crippen LogP contribution in [0.2, 0.25) is 0 Å². The Hall–Kier alpha value is -0.560. The molecule has 1 rings (SSSR count). The largest absolute Gasteiger partial charge is 0.393 e. The molecule has 3 nitrogen and oxygen atoms in total. The Labute approximate surface area is 85.1 Å². The van der Waals surface area contributed by atoms with Crippen LogP contribution in [0.3, 0.4) is 0 Å². The molecule has 1 heterocycles. The molecule has 0 atom stereocenters. The fraction of sp³-hybridized carbons (Fsp3) is 0.667. The lowest BCUT2D eigenvalue weighted by atomic mass is 10.1. The fourth-order valence-corrected chi connectivity index (χ4v) is 1.38. The van der Waals surface area contributed by atoms with Crippen molar-refractivity contribution in [2.45, 2.75) is 18.9 Å². The summed E-state index contributed by atoms with van der Waals surface area (Å²) in [7, 11) is 0. The van der Waals surface area contributed by atoms with E-state index in [9.17, 15) is 5.11 Å². The highest BCUT2D eigenvalue weighted by molar-refractivity contribution is 5.85.